The highest BCUT2D eigenvalue weighted by atomic mass is 32.1. The Bertz CT molecular complexity index is 581. The minimum atomic E-state index is -0.867. The van der Waals surface area contributed by atoms with Crippen LogP contribution in [0.5, 0.6) is 0 Å². The number of nitrogens with one attached hydrogen (secondary N) is 1. The standard InChI is InChI=1S/C16H20N2O2S/c1-11(2)8-14-17-9-13(21-14)10-18-15(16(19)20)12-6-4-3-5-7-12/h3-7,9,11,15,18H,8,10H2,1-2H3,(H,19,20)/t15-/m0/s1. The van der Waals surface area contributed by atoms with Gasteiger partial charge < -0.3 is 5.11 Å². The molecule has 0 bridgehead atoms. The third-order valence-electron chi connectivity index (χ3n) is 3.04. The summed E-state index contributed by atoms with van der Waals surface area (Å²) >= 11 is 1.64. The van der Waals surface area contributed by atoms with E-state index in [1.165, 1.54) is 0 Å². The molecule has 1 heterocycles. The maximum Gasteiger partial charge on any atom is 0.325 e. The van der Waals surface area contributed by atoms with Crippen LogP contribution in [0.25, 0.3) is 0 Å². The van der Waals surface area contributed by atoms with E-state index in [2.05, 4.69) is 24.1 Å². The number of carboxylic acids is 1. The number of nitrogens with zero attached hydrogens (tertiary/aromatic N) is 1. The second-order valence-corrected chi connectivity index (χ2v) is 6.58. The highest BCUT2D eigenvalue weighted by Crippen LogP contribution is 2.18. The molecule has 112 valence electrons. The molecule has 0 fully saturated rings. The monoisotopic (exact) mass is 304 g/mol. The van der Waals surface area contributed by atoms with Crippen molar-refractivity contribution in [2.45, 2.75) is 32.9 Å². The maximum absolute atomic E-state index is 11.4. The second kappa shape index (κ2) is 7.33. The Morgan fingerprint density at radius 1 is 1.33 bits per heavy atom. The van der Waals surface area contributed by atoms with Gasteiger partial charge in [0.05, 0.1) is 5.01 Å². The van der Waals surface area contributed by atoms with Gasteiger partial charge in [0.25, 0.3) is 0 Å². The Hall–Kier alpha value is -1.72. The molecule has 0 saturated heterocycles. The number of aliphatic carboxylic acids is 1. The summed E-state index contributed by atoms with van der Waals surface area (Å²) in [5, 5.41) is 13.5. The molecule has 1 atom stereocenters. The summed E-state index contributed by atoms with van der Waals surface area (Å²) < 4.78 is 0. The SMILES string of the molecule is CC(C)Cc1ncc(CN[C@H](C(=O)O)c2ccccc2)s1. The molecule has 2 rings (SSSR count). The van der Waals surface area contributed by atoms with Crippen LogP contribution in [0.15, 0.2) is 36.5 Å². The second-order valence-electron chi connectivity index (χ2n) is 5.38. The van der Waals surface area contributed by atoms with E-state index in [1.54, 1.807) is 11.3 Å². The maximum atomic E-state index is 11.4. The van der Waals surface area contributed by atoms with E-state index in [4.69, 9.17) is 0 Å². The van der Waals surface area contributed by atoms with Crippen molar-refractivity contribution < 1.29 is 9.90 Å². The van der Waals surface area contributed by atoms with Crippen LogP contribution in [0.2, 0.25) is 0 Å². The number of thiazole rings is 1. The van der Waals surface area contributed by atoms with E-state index in [9.17, 15) is 9.90 Å². The van der Waals surface area contributed by atoms with Crippen LogP contribution < -0.4 is 5.32 Å². The number of hydrogen-bond donors (Lipinski definition) is 2. The molecule has 21 heavy (non-hydrogen) atoms. The van der Waals surface area contributed by atoms with Gasteiger partial charge in [-0.05, 0) is 11.5 Å². The van der Waals surface area contributed by atoms with Gasteiger partial charge in [0.2, 0.25) is 0 Å². The predicted molar refractivity (Wildman–Crippen MR) is 84.3 cm³/mol. The summed E-state index contributed by atoms with van der Waals surface area (Å²) in [6, 6.07) is 8.53. The molecule has 2 aromatic rings. The summed E-state index contributed by atoms with van der Waals surface area (Å²) in [4.78, 5) is 16.8. The highest BCUT2D eigenvalue weighted by molar-refractivity contribution is 7.11. The lowest BCUT2D eigenvalue weighted by atomic mass is 10.1. The minimum absolute atomic E-state index is 0.515. The van der Waals surface area contributed by atoms with E-state index in [1.807, 2.05) is 36.5 Å². The number of carbonyl (C=O) groups is 1. The molecule has 0 unspecified atom stereocenters. The van der Waals surface area contributed by atoms with Crippen molar-refractivity contribution in [1.29, 1.82) is 0 Å². The topological polar surface area (TPSA) is 62.2 Å². The van der Waals surface area contributed by atoms with Crippen molar-refractivity contribution in [1.82, 2.24) is 10.3 Å². The number of aromatic nitrogens is 1. The predicted octanol–water partition coefficient (Wildman–Crippen LogP) is 3.26. The molecule has 4 nitrogen and oxygen atoms in total. The van der Waals surface area contributed by atoms with Gasteiger partial charge in [0, 0.05) is 24.0 Å². The van der Waals surface area contributed by atoms with E-state index in [0.29, 0.717) is 12.5 Å². The van der Waals surface area contributed by atoms with Gasteiger partial charge >= 0.3 is 5.97 Å². The fourth-order valence-electron chi connectivity index (χ4n) is 2.07. The number of hydrogen-bond acceptors (Lipinski definition) is 4. The van der Waals surface area contributed by atoms with Gasteiger partial charge in [0.15, 0.2) is 0 Å². The summed E-state index contributed by atoms with van der Waals surface area (Å²) in [6.45, 7) is 4.84. The van der Waals surface area contributed by atoms with Crippen molar-refractivity contribution in [2.24, 2.45) is 5.92 Å². The van der Waals surface area contributed by atoms with Crippen LogP contribution in [0, 0.1) is 5.92 Å². The smallest absolute Gasteiger partial charge is 0.325 e. The average Bonchev–Trinajstić information content (AvgIpc) is 2.86. The molecule has 0 amide bonds. The third kappa shape index (κ3) is 4.65. The molecule has 0 aliphatic rings. The Morgan fingerprint density at radius 3 is 2.67 bits per heavy atom. The van der Waals surface area contributed by atoms with Crippen LogP contribution in [0.1, 0.15) is 35.3 Å². The Labute approximate surface area is 128 Å². The van der Waals surface area contributed by atoms with Crippen LogP contribution >= 0.6 is 11.3 Å². The minimum Gasteiger partial charge on any atom is -0.480 e. The van der Waals surface area contributed by atoms with Crippen LogP contribution in [-0.4, -0.2) is 16.1 Å². The number of benzene rings is 1. The largest absolute Gasteiger partial charge is 0.480 e. The summed E-state index contributed by atoms with van der Waals surface area (Å²) in [7, 11) is 0. The average molecular weight is 304 g/mol. The summed E-state index contributed by atoms with van der Waals surface area (Å²) in [5.41, 5.74) is 0.761. The van der Waals surface area contributed by atoms with E-state index < -0.39 is 12.0 Å². The van der Waals surface area contributed by atoms with E-state index in [-0.39, 0.29) is 0 Å². The van der Waals surface area contributed by atoms with Crippen molar-refractivity contribution in [3.63, 3.8) is 0 Å². The molecule has 0 aliphatic carbocycles. The lowest BCUT2D eigenvalue weighted by Gasteiger charge is -2.13. The first-order valence-electron chi connectivity index (χ1n) is 7.01. The highest BCUT2D eigenvalue weighted by Gasteiger charge is 2.19. The summed E-state index contributed by atoms with van der Waals surface area (Å²) in [5.74, 6) is -0.291. The Morgan fingerprint density at radius 2 is 2.05 bits per heavy atom. The zero-order chi connectivity index (χ0) is 15.2. The number of carboxylic acid groups (broad SMARTS) is 1. The Balaban J connectivity index is 1.99. The zero-order valence-electron chi connectivity index (χ0n) is 12.2. The first kappa shape index (κ1) is 15.7. The lowest BCUT2D eigenvalue weighted by Crippen LogP contribution is -2.27. The molecule has 0 spiro atoms. The molecular weight excluding hydrogens is 284 g/mol. The van der Waals surface area contributed by atoms with Gasteiger partial charge in [-0.1, -0.05) is 44.2 Å². The molecule has 5 heteroatoms. The van der Waals surface area contributed by atoms with Gasteiger partial charge in [0.1, 0.15) is 6.04 Å². The first-order valence-corrected chi connectivity index (χ1v) is 7.82. The molecule has 0 saturated carbocycles. The normalized spacial score (nSPS) is 12.5. The van der Waals surface area contributed by atoms with E-state index in [0.717, 1.165) is 21.9 Å². The van der Waals surface area contributed by atoms with Gasteiger partial charge in [-0.25, -0.2) is 4.98 Å². The molecule has 2 N–H and O–H groups in total. The molecule has 0 radical (unpaired) electrons. The zero-order valence-corrected chi connectivity index (χ0v) is 13.1. The van der Waals surface area contributed by atoms with Gasteiger partial charge in [-0.3, -0.25) is 10.1 Å². The lowest BCUT2D eigenvalue weighted by molar-refractivity contribution is -0.139. The number of rotatable bonds is 7. The molecule has 1 aromatic heterocycles. The molecule has 0 aliphatic heterocycles. The fourth-order valence-corrected chi connectivity index (χ4v) is 3.15. The summed E-state index contributed by atoms with van der Waals surface area (Å²) in [6.07, 6.45) is 2.80. The fraction of sp³-hybridized carbons (Fsp3) is 0.375. The molecule has 1 aromatic carbocycles. The van der Waals surface area contributed by atoms with Crippen molar-refractivity contribution in [3.8, 4) is 0 Å². The van der Waals surface area contributed by atoms with Crippen LogP contribution in [-0.2, 0) is 17.8 Å². The Kier molecular flexibility index (Phi) is 5.47. The van der Waals surface area contributed by atoms with Crippen molar-refractivity contribution in [2.75, 3.05) is 0 Å². The van der Waals surface area contributed by atoms with Gasteiger partial charge in [-0.15, -0.1) is 11.3 Å². The first-order chi connectivity index (χ1) is 10.1. The third-order valence-corrected chi connectivity index (χ3v) is 4.06. The van der Waals surface area contributed by atoms with E-state index >= 15 is 0 Å². The van der Waals surface area contributed by atoms with Crippen LogP contribution in [0.3, 0.4) is 0 Å². The molecular formula is C16H20N2O2S. The van der Waals surface area contributed by atoms with Gasteiger partial charge in [-0.2, -0.15) is 0 Å². The quantitative estimate of drug-likeness (QED) is 0.824. The van der Waals surface area contributed by atoms with Crippen molar-refractivity contribution >= 4 is 17.3 Å². The van der Waals surface area contributed by atoms with Crippen LogP contribution in [0.4, 0.5) is 0 Å². The van der Waals surface area contributed by atoms with Crippen molar-refractivity contribution in [3.05, 3.63) is 52.0 Å².